The number of nitrogens with zero attached hydrogens (tertiary/aromatic N) is 2. The molecule has 0 bridgehead atoms. The van der Waals surface area contributed by atoms with Crippen LogP contribution in [0, 0.1) is 9.81 Å². The van der Waals surface area contributed by atoms with Crippen molar-refractivity contribution in [3.8, 4) is 0 Å². The second-order valence-electron chi connectivity index (χ2n) is 0.843. The van der Waals surface area contributed by atoms with Gasteiger partial charge in [-0.15, -0.1) is 9.81 Å². The lowest BCUT2D eigenvalue weighted by Gasteiger charge is -1.76. The van der Waals surface area contributed by atoms with Gasteiger partial charge in [0.25, 0.3) is 0 Å². The van der Waals surface area contributed by atoms with Gasteiger partial charge in [-0.1, -0.05) is 0 Å². The van der Waals surface area contributed by atoms with E-state index in [4.69, 9.17) is 0 Å². The van der Waals surface area contributed by atoms with Crippen LogP contribution in [0.5, 0.6) is 0 Å². The lowest BCUT2D eigenvalue weighted by molar-refractivity contribution is 0.779. The minimum atomic E-state index is -0.926. The predicted octanol–water partition coefficient (Wildman–Crippen LogP) is 0.865. The van der Waals surface area contributed by atoms with Gasteiger partial charge in [-0.2, -0.15) is 0 Å². The first-order valence-corrected chi connectivity index (χ1v) is 1.46. The van der Waals surface area contributed by atoms with E-state index >= 15 is 0 Å². The summed E-state index contributed by atoms with van der Waals surface area (Å²) in [6.07, 6.45) is -0.926. The molecule has 0 saturated heterocycles. The van der Waals surface area contributed by atoms with Crippen LogP contribution in [-0.4, -0.2) is 6.17 Å². The molecule has 0 aromatic carbocycles. The average molecular weight is 88.1 g/mol. The summed E-state index contributed by atoms with van der Waals surface area (Å²) < 4.78 is 0. The van der Waals surface area contributed by atoms with Crippen LogP contribution < -0.4 is 0 Å². The van der Waals surface area contributed by atoms with Crippen molar-refractivity contribution in [1.82, 2.24) is 0 Å². The van der Waals surface area contributed by atoms with Crippen molar-refractivity contribution in [3.05, 3.63) is 9.81 Å². The lowest BCUT2D eigenvalue weighted by Crippen LogP contribution is -1.84. The Balaban J connectivity index is 3.21. The molecule has 0 amide bonds. The van der Waals surface area contributed by atoms with Crippen LogP contribution in [0.2, 0.25) is 0 Å². The van der Waals surface area contributed by atoms with Gasteiger partial charge >= 0.3 is 0 Å². The van der Waals surface area contributed by atoms with Crippen LogP contribution in [-0.2, 0) is 0 Å². The summed E-state index contributed by atoms with van der Waals surface area (Å²) in [6, 6.07) is 0. The zero-order valence-corrected chi connectivity index (χ0v) is 3.29. The number of hydrogen-bond donors (Lipinski definition) is 0. The van der Waals surface area contributed by atoms with Crippen molar-refractivity contribution in [2.45, 2.75) is 13.1 Å². The van der Waals surface area contributed by atoms with Gasteiger partial charge in [0.1, 0.15) is 0 Å². The van der Waals surface area contributed by atoms with Gasteiger partial charge in [0, 0.05) is 0 Å². The van der Waals surface area contributed by atoms with Crippen LogP contribution >= 0.6 is 0 Å². The normalized spacial score (nSPS) is 8.33. The second kappa shape index (κ2) is 2.44. The van der Waals surface area contributed by atoms with E-state index in [0.29, 0.717) is 0 Å². The maximum Gasteiger partial charge on any atom is 0.219 e. The average Bonchev–Trinajstić information content (AvgIpc) is 1.65. The van der Waals surface area contributed by atoms with Gasteiger partial charge in [-0.05, 0) is 17.3 Å². The minimum absolute atomic E-state index is 0.926. The second-order valence-corrected chi connectivity index (χ2v) is 0.843. The third-order valence-corrected chi connectivity index (χ3v) is 0.305. The molecule has 0 saturated carbocycles. The van der Waals surface area contributed by atoms with E-state index in [1.54, 1.807) is 0 Å². The topological polar surface area (TPSA) is 58.9 Å². The third kappa shape index (κ3) is 1.51. The summed E-state index contributed by atoms with van der Waals surface area (Å²) in [5.41, 5.74) is 0. The van der Waals surface area contributed by atoms with E-state index in [0.717, 1.165) is 0 Å². The summed E-state index contributed by atoms with van der Waals surface area (Å²) >= 11 is 0. The maximum absolute atomic E-state index is 9.19. The SMILES string of the molecule is CC(N=O)N=O. The fourth-order valence-electron chi connectivity index (χ4n) is 0.0192. The molecule has 4 nitrogen and oxygen atoms in total. The molecule has 0 rings (SSSR count). The highest BCUT2D eigenvalue weighted by atomic mass is 16.3. The van der Waals surface area contributed by atoms with Gasteiger partial charge in [-0.3, -0.25) is 0 Å². The molecule has 0 aliphatic carbocycles. The Morgan fingerprint density at radius 1 is 1.33 bits per heavy atom. The van der Waals surface area contributed by atoms with Gasteiger partial charge in [-0.25, -0.2) is 0 Å². The maximum atomic E-state index is 9.19. The molecule has 0 aliphatic heterocycles. The first-order chi connectivity index (χ1) is 2.81. The quantitative estimate of drug-likeness (QED) is 0.470. The van der Waals surface area contributed by atoms with Gasteiger partial charge in [0.05, 0.1) is 0 Å². The first kappa shape index (κ1) is 5.20. The number of rotatable bonds is 2. The molecule has 0 fully saturated rings. The smallest absolute Gasteiger partial charge is 0.148 e. The van der Waals surface area contributed by atoms with Crippen LogP contribution in [0.1, 0.15) is 6.92 Å². The Morgan fingerprint density at radius 3 is 1.67 bits per heavy atom. The Hall–Kier alpha value is -0.800. The standard InChI is InChI=1S/C2H4N2O2/c1-2(3-5)4-6/h2H,1H3. The van der Waals surface area contributed by atoms with Gasteiger partial charge in [0.15, 0.2) is 0 Å². The van der Waals surface area contributed by atoms with Crippen molar-refractivity contribution in [2.75, 3.05) is 0 Å². The zero-order valence-electron chi connectivity index (χ0n) is 3.29. The molecule has 0 heterocycles. The van der Waals surface area contributed by atoms with Crippen LogP contribution in [0.4, 0.5) is 0 Å². The van der Waals surface area contributed by atoms with E-state index in [1.807, 2.05) is 0 Å². The Kier molecular flexibility index (Phi) is 2.11. The van der Waals surface area contributed by atoms with Gasteiger partial charge < -0.3 is 0 Å². The van der Waals surface area contributed by atoms with E-state index in [1.165, 1.54) is 6.92 Å². The Morgan fingerprint density at radius 2 is 1.67 bits per heavy atom. The molecule has 0 unspecified atom stereocenters. The number of nitroso groups, excluding NO2 is 2. The molecule has 0 atom stereocenters. The Labute approximate surface area is 34.5 Å². The largest absolute Gasteiger partial charge is 0.219 e. The highest BCUT2D eigenvalue weighted by Crippen LogP contribution is 1.84. The van der Waals surface area contributed by atoms with Crippen molar-refractivity contribution in [3.63, 3.8) is 0 Å². The van der Waals surface area contributed by atoms with E-state index in [9.17, 15) is 9.81 Å². The molecule has 6 heavy (non-hydrogen) atoms. The van der Waals surface area contributed by atoms with Crippen LogP contribution in [0.15, 0.2) is 10.4 Å². The third-order valence-electron chi connectivity index (χ3n) is 0.305. The molecule has 0 radical (unpaired) electrons. The monoisotopic (exact) mass is 88.0 g/mol. The highest BCUT2D eigenvalue weighted by Gasteiger charge is 1.91. The molecule has 34 valence electrons. The lowest BCUT2D eigenvalue weighted by atomic mass is 10.7. The van der Waals surface area contributed by atoms with E-state index < -0.39 is 6.17 Å². The fourth-order valence-corrected chi connectivity index (χ4v) is 0.0192. The first-order valence-electron chi connectivity index (χ1n) is 1.46. The molecule has 0 spiro atoms. The predicted molar refractivity (Wildman–Crippen MR) is 21.1 cm³/mol. The van der Waals surface area contributed by atoms with Crippen molar-refractivity contribution in [1.29, 1.82) is 0 Å². The van der Waals surface area contributed by atoms with E-state index in [-0.39, 0.29) is 0 Å². The fraction of sp³-hybridized carbons (Fsp3) is 1.00. The molecular weight excluding hydrogens is 84.0 g/mol. The van der Waals surface area contributed by atoms with Crippen molar-refractivity contribution >= 4 is 0 Å². The van der Waals surface area contributed by atoms with Crippen LogP contribution in [0.3, 0.4) is 0 Å². The van der Waals surface area contributed by atoms with Crippen molar-refractivity contribution in [2.24, 2.45) is 10.4 Å². The zero-order chi connectivity index (χ0) is 4.99. The molecule has 0 aliphatic rings. The summed E-state index contributed by atoms with van der Waals surface area (Å²) in [5.74, 6) is 0. The highest BCUT2D eigenvalue weighted by molar-refractivity contribution is 4.48. The Bertz CT molecular complexity index is 54.6. The molecule has 4 heteroatoms. The summed E-state index contributed by atoms with van der Waals surface area (Å²) in [5, 5.41) is 4.56. The van der Waals surface area contributed by atoms with Crippen LogP contribution in [0.25, 0.3) is 0 Å². The summed E-state index contributed by atoms with van der Waals surface area (Å²) in [6.45, 7) is 1.32. The summed E-state index contributed by atoms with van der Waals surface area (Å²) in [7, 11) is 0. The summed E-state index contributed by atoms with van der Waals surface area (Å²) in [4.78, 5) is 18.4. The van der Waals surface area contributed by atoms with Crippen molar-refractivity contribution < 1.29 is 0 Å². The molecule has 0 N–H and O–H groups in total. The van der Waals surface area contributed by atoms with Gasteiger partial charge in [0.2, 0.25) is 6.17 Å². The number of hydrogen-bond acceptors (Lipinski definition) is 4. The van der Waals surface area contributed by atoms with E-state index in [2.05, 4.69) is 10.4 Å². The molecule has 0 aromatic heterocycles. The molecule has 0 aromatic rings. The minimum Gasteiger partial charge on any atom is -0.148 e. The molecular formula is C2H4N2O2.